The van der Waals surface area contributed by atoms with E-state index < -0.39 is 17.8 Å². The second-order valence-electron chi connectivity index (χ2n) is 9.82. The maximum absolute atomic E-state index is 15.1. The number of nitrogens with zero attached hydrogens (tertiary/aromatic N) is 2. The first-order valence-electron chi connectivity index (χ1n) is 13.1. The van der Waals surface area contributed by atoms with Gasteiger partial charge in [0.25, 0.3) is 0 Å². The summed E-state index contributed by atoms with van der Waals surface area (Å²) in [6, 6.07) is 13.6. The van der Waals surface area contributed by atoms with Gasteiger partial charge in [0.15, 0.2) is 0 Å². The summed E-state index contributed by atoms with van der Waals surface area (Å²) in [7, 11) is 2.01. The van der Waals surface area contributed by atoms with Crippen molar-refractivity contribution in [2.75, 3.05) is 38.5 Å². The summed E-state index contributed by atoms with van der Waals surface area (Å²) in [6.45, 7) is 8.27. The first kappa shape index (κ1) is 28.3. The fourth-order valence-electron chi connectivity index (χ4n) is 4.66. The van der Waals surface area contributed by atoms with Gasteiger partial charge in [-0.25, -0.2) is 4.39 Å². The van der Waals surface area contributed by atoms with Crippen LogP contribution in [0.5, 0.6) is 0 Å². The maximum atomic E-state index is 15.1. The number of anilines is 1. The topological polar surface area (TPSA) is 81.8 Å². The van der Waals surface area contributed by atoms with E-state index >= 15 is 4.39 Å². The standard InChI is InChI=1S/C29H39FN4O3/c1-5-21(22-10-8-7-9-11-22)19-27(36)31-25-13-12-23(18-24(25)30)20(3)28(32-26(35)6-2)29(37)34-16-14-33(4)15-17-34/h7-13,18,20-21,28H,5-6,14-17,19H2,1-4H3,(H,31,36)(H,32,35)/t20-,21?,28+/m0/s1. The Morgan fingerprint density at radius 2 is 1.62 bits per heavy atom. The van der Waals surface area contributed by atoms with Crippen molar-refractivity contribution in [2.24, 2.45) is 0 Å². The van der Waals surface area contributed by atoms with E-state index in [1.54, 1.807) is 17.9 Å². The summed E-state index contributed by atoms with van der Waals surface area (Å²) in [5.41, 5.74) is 1.76. The molecule has 0 aromatic heterocycles. The predicted molar refractivity (Wildman–Crippen MR) is 144 cm³/mol. The highest BCUT2D eigenvalue weighted by atomic mass is 19.1. The summed E-state index contributed by atoms with van der Waals surface area (Å²) < 4.78 is 15.1. The van der Waals surface area contributed by atoms with Gasteiger partial charge in [0.2, 0.25) is 17.7 Å². The smallest absolute Gasteiger partial charge is 0.245 e. The Labute approximate surface area is 219 Å². The zero-order chi connectivity index (χ0) is 26.9. The number of carbonyl (C=O) groups excluding carboxylic acids is 3. The largest absolute Gasteiger partial charge is 0.344 e. The molecule has 0 spiro atoms. The molecule has 3 amide bonds. The third-order valence-electron chi connectivity index (χ3n) is 7.21. The molecule has 2 aromatic carbocycles. The van der Waals surface area contributed by atoms with Crippen LogP contribution in [-0.2, 0) is 14.4 Å². The molecule has 2 aromatic rings. The van der Waals surface area contributed by atoms with Crippen molar-refractivity contribution < 1.29 is 18.8 Å². The highest BCUT2D eigenvalue weighted by molar-refractivity contribution is 5.91. The highest BCUT2D eigenvalue weighted by Crippen LogP contribution is 2.27. The molecule has 1 saturated heterocycles. The number of likely N-dealkylation sites (N-methyl/N-ethyl adjacent to an activating group) is 1. The molecule has 1 unspecified atom stereocenters. The quantitative estimate of drug-likeness (QED) is 0.504. The molecular weight excluding hydrogens is 471 g/mol. The number of hydrogen-bond acceptors (Lipinski definition) is 4. The van der Waals surface area contributed by atoms with E-state index in [2.05, 4.69) is 15.5 Å². The first-order chi connectivity index (χ1) is 17.7. The van der Waals surface area contributed by atoms with Crippen LogP contribution in [0.2, 0.25) is 0 Å². The van der Waals surface area contributed by atoms with Gasteiger partial charge >= 0.3 is 0 Å². The van der Waals surface area contributed by atoms with E-state index in [0.29, 0.717) is 18.7 Å². The van der Waals surface area contributed by atoms with Crippen molar-refractivity contribution in [3.05, 3.63) is 65.5 Å². The van der Waals surface area contributed by atoms with Gasteiger partial charge in [-0.1, -0.05) is 57.2 Å². The average molecular weight is 511 g/mol. The molecule has 1 heterocycles. The maximum Gasteiger partial charge on any atom is 0.245 e. The molecule has 7 nitrogen and oxygen atoms in total. The summed E-state index contributed by atoms with van der Waals surface area (Å²) in [6.07, 6.45) is 1.30. The lowest BCUT2D eigenvalue weighted by molar-refractivity contribution is -0.138. The van der Waals surface area contributed by atoms with Gasteiger partial charge < -0.3 is 20.4 Å². The van der Waals surface area contributed by atoms with Crippen molar-refractivity contribution in [1.82, 2.24) is 15.1 Å². The van der Waals surface area contributed by atoms with Crippen LogP contribution in [0.3, 0.4) is 0 Å². The van der Waals surface area contributed by atoms with Crippen LogP contribution in [0.25, 0.3) is 0 Å². The second kappa shape index (κ2) is 13.3. The second-order valence-corrected chi connectivity index (χ2v) is 9.82. The Kier molecular flexibility index (Phi) is 10.2. The number of amides is 3. The number of benzene rings is 2. The molecule has 8 heteroatoms. The lowest BCUT2D eigenvalue weighted by Crippen LogP contribution is -2.55. The number of carbonyl (C=O) groups is 3. The van der Waals surface area contributed by atoms with Crippen molar-refractivity contribution in [1.29, 1.82) is 0 Å². The Morgan fingerprint density at radius 3 is 2.22 bits per heavy atom. The number of nitrogens with one attached hydrogen (secondary N) is 2. The van der Waals surface area contributed by atoms with Crippen molar-refractivity contribution >= 4 is 23.4 Å². The third-order valence-corrected chi connectivity index (χ3v) is 7.21. The molecule has 37 heavy (non-hydrogen) atoms. The predicted octanol–water partition coefficient (Wildman–Crippen LogP) is 4.12. The van der Waals surface area contributed by atoms with Gasteiger partial charge in [-0.05, 0) is 42.6 Å². The minimum Gasteiger partial charge on any atom is -0.344 e. The summed E-state index contributed by atoms with van der Waals surface area (Å²) in [5.74, 6) is -1.62. The molecule has 1 aliphatic rings. The van der Waals surface area contributed by atoms with Crippen LogP contribution in [0.1, 0.15) is 63.0 Å². The van der Waals surface area contributed by atoms with Gasteiger partial charge in [-0.15, -0.1) is 0 Å². The summed E-state index contributed by atoms with van der Waals surface area (Å²) >= 11 is 0. The number of hydrogen-bond donors (Lipinski definition) is 2. The molecule has 1 fully saturated rings. The van der Waals surface area contributed by atoms with E-state index in [4.69, 9.17) is 0 Å². The van der Waals surface area contributed by atoms with Crippen LogP contribution in [0.4, 0.5) is 10.1 Å². The number of halogens is 1. The van der Waals surface area contributed by atoms with Crippen molar-refractivity contribution in [3.63, 3.8) is 0 Å². The molecular formula is C29H39FN4O3. The van der Waals surface area contributed by atoms with Crippen LogP contribution in [-0.4, -0.2) is 66.8 Å². The zero-order valence-electron chi connectivity index (χ0n) is 22.3. The minimum absolute atomic E-state index is 0.0482. The number of piperazine rings is 1. The van der Waals surface area contributed by atoms with Gasteiger partial charge in [0.05, 0.1) is 5.69 Å². The molecule has 0 radical (unpaired) electrons. The SMILES string of the molecule is CCC(=O)N[C@@H](C(=O)N1CCN(C)CC1)[C@@H](C)c1ccc(NC(=O)CC(CC)c2ccccc2)c(F)c1. The van der Waals surface area contributed by atoms with Gasteiger partial charge in [0, 0.05) is 44.9 Å². The Morgan fingerprint density at radius 1 is 0.946 bits per heavy atom. The van der Waals surface area contributed by atoms with Crippen LogP contribution < -0.4 is 10.6 Å². The molecule has 0 saturated carbocycles. The lowest BCUT2D eigenvalue weighted by atomic mass is 9.91. The molecule has 2 N–H and O–H groups in total. The lowest BCUT2D eigenvalue weighted by Gasteiger charge is -2.36. The number of rotatable bonds is 10. The fourth-order valence-corrected chi connectivity index (χ4v) is 4.66. The van der Waals surface area contributed by atoms with Crippen molar-refractivity contribution in [3.8, 4) is 0 Å². The molecule has 0 aliphatic carbocycles. The Hall–Kier alpha value is -3.26. The normalized spacial score (nSPS) is 16.5. The van der Waals surface area contributed by atoms with E-state index in [1.165, 1.54) is 12.1 Å². The highest BCUT2D eigenvalue weighted by Gasteiger charge is 2.33. The molecule has 3 atom stereocenters. The minimum atomic E-state index is -0.799. The van der Waals surface area contributed by atoms with E-state index in [9.17, 15) is 14.4 Å². The average Bonchev–Trinajstić information content (AvgIpc) is 2.91. The van der Waals surface area contributed by atoms with Crippen LogP contribution in [0.15, 0.2) is 48.5 Å². The monoisotopic (exact) mass is 510 g/mol. The molecule has 1 aliphatic heterocycles. The molecule has 3 rings (SSSR count). The van der Waals surface area contributed by atoms with Crippen LogP contribution >= 0.6 is 0 Å². The molecule has 0 bridgehead atoms. The fraction of sp³-hybridized carbons (Fsp3) is 0.483. The van der Waals surface area contributed by atoms with Crippen LogP contribution in [0, 0.1) is 5.82 Å². The van der Waals surface area contributed by atoms with Gasteiger partial charge in [-0.2, -0.15) is 0 Å². The summed E-state index contributed by atoms with van der Waals surface area (Å²) in [4.78, 5) is 42.2. The first-order valence-corrected chi connectivity index (χ1v) is 13.1. The van der Waals surface area contributed by atoms with Gasteiger partial charge in [0.1, 0.15) is 11.9 Å². The zero-order valence-corrected chi connectivity index (χ0v) is 22.3. The van der Waals surface area contributed by atoms with E-state index in [1.807, 2.05) is 51.2 Å². The Balaban J connectivity index is 1.72. The summed E-state index contributed by atoms with van der Waals surface area (Å²) in [5, 5.41) is 5.54. The van der Waals surface area contributed by atoms with Gasteiger partial charge in [-0.3, -0.25) is 14.4 Å². The molecule has 200 valence electrons. The van der Waals surface area contributed by atoms with Crippen molar-refractivity contribution in [2.45, 2.75) is 57.9 Å². The van der Waals surface area contributed by atoms with E-state index in [0.717, 1.165) is 25.1 Å². The Bertz CT molecular complexity index is 1070. The van der Waals surface area contributed by atoms with E-state index in [-0.39, 0.29) is 42.2 Å². The third kappa shape index (κ3) is 7.61.